The zero-order valence-corrected chi connectivity index (χ0v) is 10.8. The summed E-state index contributed by atoms with van der Waals surface area (Å²) in [6, 6.07) is 2.92. The predicted molar refractivity (Wildman–Crippen MR) is 68.5 cm³/mol. The number of carbonyl (C=O) groups is 1. The number of likely N-dealkylation sites (N-methyl/N-ethyl adjacent to an activating group) is 1. The number of hydrogen-bond donors (Lipinski definition) is 2. The zero-order chi connectivity index (χ0) is 14.4. The van der Waals surface area contributed by atoms with E-state index in [-0.39, 0.29) is 11.6 Å². The first-order chi connectivity index (χ1) is 8.95. The van der Waals surface area contributed by atoms with E-state index in [0.717, 1.165) is 24.7 Å². The molecule has 1 aromatic rings. The van der Waals surface area contributed by atoms with Gasteiger partial charge < -0.3 is 10.6 Å². The summed E-state index contributed by atoms with van der Waals surface area (Å²) in [5.74, 6) is -1.33. The van der Waals surface area contributed by atoms with Gasteiger partial charge in [0.25, 0.3) is 11.6 Å². The molecule has 1 atom stereocenters. The molecule has 1 amide bonds. The maximum atomic E-state index is 12.9. The minimum atomic E-state index is -0.772. The summed E-state index contributed by atoms with van der Waals surface area (Å²) in [5.41, 5.74) is -0.677. The number of halogens is 1. The molecule has 0 saturated carbocycles. The summed E-state index contributed by atoms with van der Waals surface area (Å²) in [5, 5.41) is 16.4. The Hall–Kier alpha value is -2.02. The van der Waals surface area contributed by atoms with Gasteiger partial charge in [-0.1, -0.05) is 6.92 Å². The maximum Gasteiger partial charge on any atom is 0.285 e. The molecule has 0 unspecified atom stereocenters. The Morgan fingerprint density at radius 2 is 2.21 bits per heavy atom. The van der Waals surface area contributed by atoms with Crippen molar-refractivity contribution in [3.8, 4) is 0 Å². The molecule has 0 aliphatic rings. The van der Waals surface area contributed by atoms with E-state index in [2.05, 4.69) is 10.6 Å². The van der Waals surface area contributed by atoms with Crippen molar-refractivity contribution in [2.45, 2.75) is 19.9 Å². The van der Waals surface area contributed by atoms with Crippen molar-refractivity contribution in [1.82, 2.24) is 10.6 Å². The average molecular weight is 269 g/mol. The van der Waals surface area contributed by atoms with Gasteiger partial charge in [-0.05, 0) is 25.6 Å². The minimum absolute atomic E-state index is 0.0495. The highest BCUT2D eigenvalue weighted by Crippen LogP contribution is 2.19. The second kappa shape index (κ2) is 6.79. The molecule has 0 bridgehead atoms. The largest absolute Gasteiger partial charge is 0.350 e. The summed E-state index contributed by atoms with van der Waals surface area (Å²) in [4.78, 5) is 21.8. The Labute approximate surface area is 110 Å². The van der Waals surface area contributed by atoms with E-state index >= 15 is 0 Å². The predicted octanol–water partition coefficient (Wildman–Crippen LogP) is 1.46. The van der Waals surface area contributed by atoms with Gasteiger partial charge in [0.2, 0.25) is 0 Å². The fourth-order valence-electron chi connectivity index (χ4n) is 1.61. The molecular formula is C12H16FN3O3. The number of benzene rings is 1. The van der Waals surface area contributed by atoms with E-state index in [0.29, 0.717) is 6.54 Å². The lowest BCUT2D eigenvalue weighted by atomic mass is 10.1. The second-order valence-electron chi connectivity index (χ2n) is 4.09. The Balaban J connectivity index is 2.79. The Morgan fingerprint density at radius 3 is 2.79 bits per heavy atom. The quantitative estimate of drug-likeness (QED) is 0.605. The Morgan fingerprint density at radius 1 is 1.53 bits per heavy atom. The molecule has 7 heteroatoms. The van der Waals surface area contributed by atoms with E-state index in [9.17, 15) is 19.3 Å². The van der Waals surface area contributed by atoms with Crippen molar-refractivity contribution < 1.29 is 14.1 Å². The number of hydrogen-bond acceptors (Lipinski definition) is 4. The molecule has 2 N–H and O–H groups in total. The number of amides is 1. The summed E-state index contributed by atoms with van der Waals surface area (Å²) < 4.78 is 12.9. The fourth-order valence-corrected chi connectivity index (χ4v) is 1.61. The van der Waals surface area contributed by atoms with Gasteiger partial charge in [0.1, 0.15) is 11.4 Å². The van der Waals surface area contributed by atoms with Crippen LogP contribution >= 0.6 is 0 Å². The minimum Gasteiger partial charge on any atom is -0.350 e. The monoisotopic (exact) mass is 269 g/mol. The van der Waals surface area contributed by atoms with Crippen molar-refractivity contribution >= 4 is 11.6 Å². The molecule has 0 heterocycles. The van der Waals surface area contributed by atoms with E-state index in [1.165, 1.54) is 0 Å². The third-order valence-corrected chi connectivity index (χ3v) is 2.52. The highest BCUT2D eigenvalue weighted by atomic mass is 19.1. The number of nitrogens with one attached hydrogen (secondary N) is 2. The molecule has 0 aliphatic heterocycles. The lowest BCUT2D eigenvalue weighted by Gasteiger charge is -2.13. The van der Waals surface area contributed by atoms with Crippen LogP contribution in [-0.4, -0.2) is 30.0 Å². The Kier molecular flexibility index (Phi) is 5.37. The van der Waals surface area contributed by atoms with Crippen LogP contribution in [0.15, 0.2) is 18.2 Å². The number of nitrogens with zero attached hydrogens (tertiary/aromatic N) is 1. The molecule has 0 fully saturated rings. The van der Waals surface area contributed by atoms with Crippen LogP contribution in [0.25, 0.3) is 0 Å². The zero-order valence-electron chi connectivity index (χ0n) is 10.8. The van der Waals surface area contributed by atoms with Crippen molar-refractivity contribution in [3.05, 3.63) is 39.7 Å². The van der Waals surface area contributed by atoms with Gasteiger partial charge in [-0.2, -0.15) is 0 Å². The lowest BCUT2D eigenvalue weighted by molar-refractivity contribution is -0.385. The summed E-state index contributed by atoms with van der Waals surface area (Å²) >= 11 is 0. The molecular weight excluding hydrogens is 253 g/mol. The highest BCUT2D eigenvalue weighted by molar-refractivity contribution is 5.98. The first-order valence-electron chi connectivity index (χ1n) is 5.91. The summed E-state index contributed by atoms with van der Waals surface area (Å²) in [7, 11) is 0. The van der Waals surface area contributed by atoms with Crippen LogP contribution in [0.2, 0.25) is 0 Å². The van der Waals surface area contributed by atoms with Crippen molar-refractivity contribution in [2.75, 3.05) is 13.1 Å². The van der Waals surface area contributed by atoms with Crippen molar-refractivity contribution in [1.29, 1.82) is 0 Å². The molecule has 0 aliphatic carbocycles. The number of rotatable bonds is 6. The van der Waals surface area contributed by atoms with Gasteiger partial charge in [-0.3, -0.25) is 14.9 Å². The summed E-state index contributed by atoms with van der Waals surface area (Å²) in [6.45, 7) is 4.90. The van der Waals surface area contributed by atoms with Crippen LogP contribution in [-0.2, 0) is 0 Å². The number of carbonyl (C=O) groups excluding carboxylic acids is 1. The normalized spacial score (nSPS) is 11.9. The van der Waals surface area contributed by atoms with Gasteiger partial charge in [0.15, 0.2) is 0 Å². The van der Waals surface area contributed by atoms with Gasteiger partial charge in [-0.25, -0.2) is 4.39 Å². The number of nitro benzene ring substituents is 1. The molecule has 0 spiro atoms. The molecule has 0 radical (unpaired) electrons. The van der Waals surface area contributed by atoms with E-state index in [4.69, 9.17) is 0 Å². The van der Waals surface area contributed by atoms with Crippen LogP contribution in [0.3, 0.4) is 0 Å². The fraction of sp³-hybridized carbons (Fsp3) is 0.417. The van der Waals surface area contributed by atoms with Crippen LogP contribution in [0, 0.1) is 15.9 Å². The Bertz CT molecular complexity index is 479. The van der Waals surface area contributed by atoms with Crippen LogP contribution < -0.4 is 10.6 Å². The van der Waals surface area contributed by atoms with Crippen LogP contribution in [0.1, 0.15) is 24.2 Å². The topological polar surface area (TPSA) is 84.3 Å². The first kappa shape index (κ1) is 15.0. The molecule has 19 heavy (non-hydrogen) atoms. The maximum absolute atomic E-state index is 12.9. The van der Waals surface area contributed by atoms with Crippen LogP contribution in [0.4, 0.5) is 10.1 Å². The summed E-state index contributed by atoms with van der Waals surface area (Å²) in [6.07, 6.45) is 0. The van der Waals surface area contributed by atoms with Crippen LogP contribution in [0.5, 0.6) is 0 Å². The number of nitro groups is 1. The standard InChI is InChI=1S/C12H16FN3O3/c1-3-14-8(2)7-15-12(17)10-5-4-9(13)6-11(10)16(18)19/h4-6,8,14H,3,7H2,1-2H3,(H,15,17)/t8-/m1/s1. The van der Waals surface area contributed by atoms with Crippen molar-refractivity contribution in [2.24, 2.45) is 0 Å². The molecule has 1 rings (SSSR count). The molecule has 1 aromatic carbocycles. The smallest absolute Gasteiger partial charge is 0.285 e. The molecule has 104 valence electrons. The lowest BCUT2D eigenvalue weighted by Crippen LogP contribution is -2.38. The second-order valence-corrected chi connectivity index (χ2v) is 4.09. The van der Waals surface area contributed by atoms with Gasteiger partial charge in [-0.15, -0.1) is 0 Å². The van der Waals surface area contributed by atoms with Gasteiger partial charge in [0.05, 0.1) is 11.0 Å². The third kappa shape index (κ3) is 4.29. The highest BCUT2D eigenvalue weighted by Gasteiger charge is 2.20. The molecule has 0 saturated heterocycles. The van der Waals surface area contributed by atoms with E-state index in [1.54, 1.807) is 0 Å². The molecule has 6 nitrogen and oxygen atoms in total. The first-order valence-corrected chi connectivity index (χ1v) is 5.91. The van der Waals surface area contributed by atoms with Crippen molar-refractivity contribution in [3.63, 3.8) is 0 Å². The van der Waals surface area contributed by atoms with Gasteiger partial charge >= 0.3 is 0 Å². The van der Waals surface area contributed by atoms with E-state index < -0.39 is 22.3 Å². The van der Waals surface area contributed by atoms with E-state index in [1.807, 2.05) is 13.8 Å². The SMILES string of the molecule is CCN[C@H](C)CNC(=O)c1ccc(F)cc1[N+](=O)[O-]. The van der Waals surface area contributed by atoms with Gasteiger partial charge in [0, 0.05) is 12.6 Å². The molecule has 0 aromatic heterocycles. The third-order valence-electron chi connectivity index (χ3n) is 2.52. The average Bonchev–Trinajstić information content (AvgIpc) is 2.36.